The summed E-state index contributed by atoms with van der Waals surface area (Å²) < 4.78 is 23.5. The minimum Gasteiger partial charge on any atom is -0.314 e. The molecule has 0 radical (unpaired) electrons. The third-order valence-corrected chi connectivity index (χ3v) is 6.76. The van der Waals surface area contributed by atoms with Gasteiger partial charge in [-0.2, -0.15) is 0 Å². The summed E-state index contributed by atoms with van der Waals surface area (Å²) in [4.78, 5) is 2.40. The first-order valence-corrected chi connectivity index (χ1v) is 10.5. The van der Waals surface area contributed by atoms with Gasteiger partial charge in [-0.25, -0.2) is 8.42 Å². The monoisotopic (exact) mass is 316 g/mol. The molecular formula is C16H32N2O2S. The smallest absolute Gasteiger partial charge is 0.151 e. The topological polar surface area (TPSA) is 49.4 Å². The van der Waals surface area contributed by atoms with Crippen molar-refractivity contribution >= 4 is 9.84 Å². The minimum absolute atomic E-state index is 0.350. The predicted octanol–water partition coefficient (Wildman–Crippen LogP) is 1.91. The second kappa shape index (κ2) is 7.93. The molecule has 5 heteroatoms. The summed E-state index contributed by atoms with van der Waals surface area (Å²) in [5, 5.41) is 3.72. The van der Waals surface area contributed by atoms with Crippen molar-refractivity contribution in [1.29, 1.82) is 0 Å². The van der Waals surface area contributed by atoms with Gasteiger partial charge in [-0.3, -0.25) is 0 Å². The van der Waals surface area contributed by atoms with E-state index in [1.807, 2.05) is 0 Å². The van der Waals surface area contributed by atoms with E-state index < -0.39 is 9.84 Å². The van der Waals surface area contributed by atoms with Gasteiger partial charge in [-0.1, -0.05) is 13.8 Å². The lowest BCUT2D eigenvalue weighted by Gasteiger charge is -2.38. The summed E-state index contributed by atoms with van der Waals surface area (Å²) in [7, 11) is -2.79. The van der Waals surface area contributed by atoms with E-state index in [1.165, 1.54) is 25.7 Å². The van der Waals surface area contributed by atoms with Crippen molar-refractivity contribution in [2.45, 2.75) is 52.0 Å². The zero-order valence-corrected chi connectivity index (χ0v) is 14.5. The Hall–Kier alpha value is -0.130. The van der Waals surface area contributed by atoms with Crippen LogP contribution in [0.1, 0.15) is 46.0 Å². The largest absolute Gasteiger partial charge is 0.314 e. The van der Waals surface area contributed by atoms with E-state index in [-0.39, 0.29) is 0 Å². The normalized spacial score (nSPS) is 34.5. The van der Waals surface area contributed by atoms with Gasteiger partial charge in [0.2, 0.25) is 0 Å². The van der Waals surface area contributed by atoms with Gasteiger partial charge in [0.25, 0.3) is 0 Å². The number of rotatable bonds is 5. The molecule has 0 bridgehead atoms. The average molecular weight is 317 g/mol. The first-order valence-electron chi connectivity index (χ1n) is 8.66. The molecule has 0 aromatic heterocycles. The minimum atomic E-state index is -2.79. The van der Waals surface area contributed by atoms with E-state index in [1.54, 1.807) is 0 Å². The van der Waals surface area contributed by atoms with E-state index in [9.17, 15) is 8.42 Å². The summed E-state index contributed by atoms with van der Waals surface area (Å²) in [6.45, 7) is 8.42. The van der Waals surface area contributed by atoms with Crippen LogP contribution >= 0.6 is 0 Å². The Morgan fingerprint density at radius 3 is 2.76 bits per heavy atom. The molecule has 0 aromatic carbocycles. The van der Waals surface area contributed by atoms with Gasteiger partial charge < -0.3 is 10.2 Å². The Balaban J connectivity index is 1.90. The Bertz CT molecular complexity index is 409. The molecule has 1 aliphatic heterocycles. The molecule has 0 spiro atoms. The van der Waals surface area contributed by atoms with Crippen LogP contribution < -0.4 is 5.32 Å². The fraction of sp³-hybridized carbons (Fsp3) is 1.00. The maximum absolute atomic E-state index is 11.7. The number of sulfone groups is 1. The average Bonchev–Trinajstić information content (AvgIpc) is 2.59. The molecule has 2 aliphatic rings. The van der Waals surface area contributed by atoms with Crippen molar-refractivity contribution in [2.24, 2.45) is 11.8 Å². The van der Waals surface area contributed by atoms with Crippen LogP contribution in [0.3, 0.4) is 0 Å². The molecule has 21 heavy (non-hydrogen) atoms. The summed E-state index contributed by atoms with van der Waals surface area (Å²) in [6.07, 6.45) is 5.87. The number of hydrogen-bond acceptors (Lipinski definition) is 4. The highest BCUT2D eigenvalue weighted by Gasteiger charge is 2.30. The van der Waals surface area contributed by atoms with E-state index in [0.29, 0.717) is 23.5 Å². The summed E-state index contributed by atoms with van der Waals surface area (Å²) in [5.41, 5.74) is 0. The van der Waals surface area contributed by atoms with E-state index in [2.05, 4.69) is 24.1 Å². The maximum Gasteiger partial charge on any atom is 0.151 e. The molecule has 1 N–H and O–H groups in total. The molecule has 124 valence electrons. The standard InChI is InChI=1S/C16H32N2O2S/c1-3-7-17-16-6-5-14(2)12-15(16)13-18-8-4-10-21(19,20)11-9-18/h14-17H,3-13H2,1-2H3. The van der Waals surface area contributed by atoms with Crippen LogP contribution in [0.4, 0.5) is 0 Å². The second-order valence-electron chi connectivity index (χ2n) is 7.04. The molecule has 3 atom stereocenters. The first kappa shape index (κ1) is 17.2. The number of hydrogen-bond donors (Lipinski definition) is 1. The molecule has 2 fully saturated rings. The lowest BCUT2D eigenvalue weighted by molar-refractivity contribution is 0.150. The van der Waals surface area contributed by atoms with Gasteiger partial charge in [0.15, 0.2) is 9.84 Å². The van der Waals surface area contributed by atoms with E-state index >= 15 is 0 Å². The van der Waals surface area contributed by atoms with E-state index in [0.717, 1.165) is 38.5 Å². The molecule has 1 heterocycles. The lowest BCUT2D eigenvalue weighted by Crippen LogP contribution is -2.46. The Morgan fingerprint density at radius 2 is 2.00 bits per heavy atom. The van der Waals surface area contributed by atoms with Crippen molar-refractivity contribution in [3.05, 3.63) is 0 Å². The first-order chi connectivity index (χ1) is 10.00. The Morgan fingerprint density at radius 1 is 1.19 bits per heavy atom. The highest BCUT2D eigenvalue weighted by Crippen LogP contribution is 2.30. The van der Waals surface area contributed by atoms with Crippen molar-refractivity contribution in [3.63, 3.8) is 0 Å². The zero-order chi connectivity index (χ0) is 15.3. The molecule has 0 aromatic rings. The summed E-state index contributed by atoms with van der Waals surface area (Å²) >= 11 is 0. The van der Waals surface area contributed by atoms with Crippen LogP contribution in [0.15, 0.2) is 0 Å². The zero-order valence-electron chi connectivity index (χ0n) is 13.7. The predicted molar refractivity (Wildman–Crippen MR) is 88.3 cm³/mol. The molecule has 3 unspecified atom stereocenters. The molecule has 4 nitrogen and oxygen atoms in total. The van der Waals surface area contributed by atoms with Crippen molar-refractivity contribution in [2.75, 3.05) is 37.7 Å². The molecule has 1 saturated heterocycles. The van der Waals surface area contributed by atoms with Crippen LogP contribution in [0.5, 0.6) is 0 Å². The van der Waals surface area contributed by atoms with Gasteiger partial charge in [0, 0.05) is 19.1 Å². The van der Waals surface area contributed by atoms with Gasteiger partial charge >= 0.3 is 0 Å². The van der Waals surface area contributed by atoms with Gasteiger partial charge in [0.05, 0.1) is 11.5 Å². The highest BCUT2D eigenvalue weighted by atomic mass is 32.2. The number of nitrogens with zero attached hydrogens (tertiary/aromatic N) is 1. The molecular weight excluding hydrogens is 284 g/mol. The van der Waals surface area contributed by atoms with Crippen molar-refractivity contribution in [1.82, 2.24) is 10.2 Å². The Labute approximate surface area is 130 Å². The van der Waals surface area contributed by atoms with Crippen LogP contribution in [-0.2, 0) is 9.84 Å². The molecule has 1 saturated carbocycles. The fourth-order valence-electron chi connectivity index (χ4n) is 3.80. The van der Waals surface area contributed by atoms with Crippen LogP contribution in [0, 0.1) is 11.8 Å². The van der Waals surface area contributed by atoms with Crippen molar-refractivity contribution < 1.29 is 8.42 Å². The third kappa shape index (κ3) is 5.53. The second-order valence-corrected chi connectivity index (χ2v) is 9.35. The lowest BCUT2D eigenvalue weighted by atomic mass is 9.78. The van der Waals surface area contributed by atoms with Crippen LogP contribution in [0.25, 0.3) is 0 Å². The fourth-order valence-corrected chi connectivity index (χ4v) is 5.11. The quantitative estimate of drug-likeness (QED) is 0.842. The maximum atomic E-state index is 11.7. The van der Waals surface area contributed by atoms with E-state index in [4.69, 9.17) is 0 Å². The van der Waals surface area contributed by atoms with Gasteiger partial charge in [-0.05, 0) is 57.0 Å². The van der Waals surface area contributed by atoms with Crippen LogP contribution in [0.2, 0.25) is 0 Å². The number of nitrogens with one attached hydrogen (secondary N) is 1. The SMILES string of the molecule is CCCNC1CCC(C)CC1CN1CCCS(=O)(=O)CC1. The summed E-state index contributed by atoms with van der Waals surface area (Å²) in [5.74, 6) is 2.22. The molecule has 2 rings (SSSR count). The Kier molecular flexibility index (Phi) is 6.51. The van der Waals surface area contributed by atoms with Gasteiger partial charge in [-0.15, -0.1) is 0 Å². The molecule has 1 aliphatic carbocycles. The third-order valence-electron chi connectivity index (χ3n) is 5.04. The van der Waals surface area contributed by atoms with Crippen molar-refractivity contribution in [3.8, 4) is 0 Å². The van der Waals surface area contributed by atoms with Crippen LogP contribution in [-0.4, -0.2) is 57.0 Å². The highest BCUT2D eigenvalue weighted by molar-refractivity contribution is 7.91. The summed E-state index contributed by atoms with van der Waals surface area (Å²) in [6, 6.07) is 0.626. The molecule has 0 amide bonds. The van der Waals surface area contributed by atoms with Gasteiger partial charge in [0.1, 0.15) is 0 Å².